The van der Waals surface area contributed by atoms with Gasteiger partial charge in [0.25, 0.3) is 0 Å². The molecule has 0 bridgehead atoms. The summed E-state index contributed by atoms with van der Waals surface area (Å²) in [6.07, 6.45) is 2.25. The molecule has 1 aliphatic rings. The van der Waals surface area contributed by atoms with Gasteiger partial charge in [0.1, 0.15) is 9.84 Å². The van der Waals surface area contributed by atoms with E-state index in [9.17, 15) is 8.42 Å². The summed E-state index contributed by atoms with van der Waals surface area (Å²) in [6.45, 7) is 4.33. The lowest BCUT2D eigenvalue weighted by Gasteiger charge is -2.27. The molecule has 0 aromatic heterocycles. The number of rotatable bonds is 5. The van der Waals surface area contributed by atoms with Crippen LogP contribution in [0.15, 0.2) is 0 Å². The highest BCUT2D eigenvalue weighted by Gasteiger charge is 2.37. The Morgan fingerprint density at radius 1 is 1.53 bits per heavy atom. The van der Waals surface area contributed by atoms with Crippen LogP contribution in [0, 0.1) is 0 Å². The Hall–Kier alpha value is -0.130. The fraction of sp³-hybridized carbons (Fsp3) is 1.00. The molecule has 1 aliphatic heterocycles. The number of hydrogen-bond acceptors (Lipinski definition) is 4. The second kappa shape index (κ2) is 4.80. The van der Waals surface area contributed by atoms with Gasteiger partial charge in [-0.2, -0.15) is 0 Å². The van der Waals surface area contributed by atoms with Crippen LogP contribution >= 0.6 is 0 Å². The first kappa shape index (κ1) is 12.9. The van der Waals surface area contributed by atoms with Gasteiger partial charge >= 0.3 is 0 Å². The lowest BCUT2D eigenvalue weighted by Crippen LogP contribution is -2.46. The lowest BCUT2D eigenvalue weighted by molar-refractivity contribution is 0.0927. The maximum atomic E-state index is 11.3. The zero-order chi connectivity index (χ0) is 11.5. The summed E-state index contributed by atoms with van der Waals surface area (Å²) in [5.41, 5.74) is 5.84. The SMILES string of the molecule is CCS(=O)(=O)CCCC1(N)CCOC1C. The highest BCUT2D eigenvalue weighted by atomic mass is 32.2. The van der Waals surface area contributed by atoms with Gasteiger partial charge in [0.2, 0.25) is 0 Å². The minimum atomic E-state index is -2.85. The second-order valence-corrected chi connectivity index (χ2v) is 6.81. The molecule has 1 saturated heterocycles. The largest absolute Gasteiger partial charge is 0.377 e. The summed E-state index contributed by atoms with van der Waals surface area (Å²) >= 11 is 0. The van der Waals surface area contributed by atoms with Crippen LogP contribution in [0.5, 0.6) is 0 Å². The second-order valence-electron chi connectivity index (χ2n) is 4.34. The van der Waals surface area contributed by atoms with Crippen molar-refractivity contribution in [3.05, 3.63) is 0 Å². The van der Waals surface area contributed by atoms with E-state index in [1.54, 1.807) is 6.92 Å². The monoisotopic (exact) mass is 235 g/mol. The van der Waals surface area contributed by atoms with Gasteiger partial charge in [-0.1, -0.05) is 6.92 Å². The average molecular weight is 235 g/mol. The van der Waals surface area contributed by atoms with E-state index in [-0.39, 0.29) is 23.1 Å². The number of hydrogen-bond donors (Lipinski definition) is 1. The maximum absolute atomic E-state index is 11.3. The maximum Gasteiger partial charge on any atom is 0.150 e. The fourth-order valence-electron chi connectivity index (χ4n) is 1.89. The predicted octanol–water partition coefficient (Wildman–Crippen LogP) is 0.708. The number of sulfone groups is 1. The van der Waals surface area contributed by atoms with Crippen molar-refractivity contribution in [2.24, 2.45) is 5.73 Å². The van der Waals surface area contributed by atoms with Gasteiger partial charge in [-0.15, -0.1) is 0 Å². The van der Waals surface area contributed by atoms with Crippen molar-refractivity contribution in [3.63, 3.8) is 0 Å². The highest BCUT2D eigenvalue weighted by molar-refractivity contribution is 7.91. The summed E-state index contributed by atoms with van der Waals surface area (Å²) in [6, 6.07) is 0. The molecule has 5 heteroatoms. The summed E-state index contributed by atoms with van der Waals surface area (Å²) in [4.78, 5) is 0. The zero-order valence-electron chi connectivity index (χ0n) is 9.53. The van der Waals surface area contributed by atoms with Crippen molar-refractivity contribution in [3.8, 4) is 0 Å². The molecule has 0 aromatic rings. The van der Waals surface area contributed by atoms with E-state index in [0.717, 1.165) is 12.8 Å². The van der Waals surface area contributed by atoms with E-state index in [2.05, 4.69) is 0 Å². The van der Waals surface area contributed by atoms with Crippen LogP contribution in [0.4, 0.5) is 0 Å². The highest BCUT2D eigenvalue weighted by Crippen LogP contribution is 2.27. The first-order valence-corrected chi connectivity index (χ1v) is 7.33. The first-order valence-electron chi connectivity index (χ1n) is 5.50. The van der Waals surface area contributed by atoms with Crippen molar-refractivity contribution >= 4 is 9.84 Å². The van der Waals surface area contributed by atoms with Crippen LogP contribution in [-0.2, 0) is 14.6 Å². The van der Waals surface area contributed by atoms with Crippen molar-refractivity contribution in [2.45, 2.75) is 44.8 Å². The average Bonchev–Trinajstić information content (AvgIpc) is 2.47. The van der Waals surface area contributed by atoms with Crippen LogP contribution < -0.4 is 5.73 Å². The number of ether oxygens (including phenoxy) is 1. The van der Waals surface area contributed by atoms with Crippen LogP contribution in [-0.4, -0.2) is 38.2 Å². The molecular weight excluding hydrogens is 214 g/mol. The van der Waals surface area contributed by atoms with Gasteiger partial charge in [-0.3, -0.25) is 0 Å². The topological polar surface area (TPSA) is 69.4 Å². The molecule has 2 unspecified atom stereocenters. The fourth-order valence-corrected chi connectivity index (χ4v) is 2.76. The molecule has 0 aliphatic carbocycles. The lowest BCUT2D eigenvalue weighted by atomic mass is 9.88. The van der Waals surface area contributed by atoms with E-state index >= 15 is 0 Å². The molecule has 2 N–H and O–H groups in total. The molecule has 4 nitrogen and oxygen atoms in total. The van der Waals surface area contributed by atoms with Crippen molar-refractivity contribution in [2.75, 3.05) is 18.1 Å². The van der Waals surface area contributed by atoms with Gasteiger partial charge in [-0.05, 0) is 26.2 Å². The molecular formula is C10H21NO3S. The Morgan fingerprint density at radius 3 is 2.67 bits per heavy atom. The molecule has 0 radical (unpaired) electrons. The Labute approximate surface area is 92.1 Å². The molecule has 0 saturated carbocycles. The zero-order valence-corrected chi connectivity index (χ0v) is 10.3. The molecule has 1 fully saturated rings. The van der Waals surface area contributed by atoms with E-state index in [1.165, 1.54) is 0 Å². The smallest absolute Gasteiger partial charge is 0.150 e. The van der Waals surface area contributed by atoms with Crippen molar-refractivity contribution < 1.29 is 13.2 Å². The van der Waals surface area contributed by atoms with Gasteiger partial charge in [-0.25, -0.2) is 8.42 Å². The minimum Gasteiger partial charge on any atom is -0.377 e. The molecule has 2 atom stereocenters. The Kier molecular flexibility index (Phi) is 4.14. The third-order valence-corrected chi connectivity index (χ3v) is 5.07. The van der Waals surface area contributed by atoms with Gasteiger partial charge in [0.15, 0.2) is 0 Å². The molecule has 1 heterocycles. The standard InChI is InChI=1S/C10H21NO3S/c1-3-15(12,13)8-4-5-10(11)6-7-14-9(10)2/h9H,3-8,11H2,1-2H3. The van der Waals surface area contributed by atoms with Gasteiger partial charge < -0.3 is 10.5 Å². The summed E-state index contributed by atoms with van der Waals surface area (Å²) in [5, 5.41) is 0. The molecule has 0 aromatic carbocycles. The molecule has 0 spiro atoms. The van der Waals surface area contributed by atoms with Crippen molar-refractivity contribution in [1.82, 2.24) is 0 Å². The van der Waals surface area contributed by atoms with E-state index in [0.29, 0.717) is 13.0 Å². The molecule has 90 valence electrons. The van der Waals surface area contributed by atoms with Crippen LogP contribution in [0.25, 0.3) is 0 Å². The number of nitrogens with two attached hydrogens (primary N) is 1. The van der Waals surface area contributed by atoms with Gasteiger partial charge in [0, 0.05) is 17.9 Å². The molecule has 0 amide bonds. The van der Waals surface area contributed by atoms with Crippen LogP contribution in [0.1, 0.15) is 33.1 Å². The third kappa shape index (κ3) is 3.43. The van der Waals surface area contributed by atoms with E-state index < -0.39 is 9.84 Å². The van der Waals surface area contributed by atoms with Crippen LogP contribution in [0.2, 0.25) is 0 Å². The van der Waals surface area contributed by atoms with Crippen molar-refractivity contribution in [1.29, 1.82) is 0 Å². The first-order chi connectivity index (χ1) is 6.90. The summed E-state index contributed by atoms with van der Waals surface area (Å²) < 4.78 is 28.0. The van der Waals surface area contributed by atoms with E-state index in [4.69, 9.17) is 10.5 Å². The van der Waals surface area contributed by atoms with E-state index in [1.807, 2.05) is 6.92 Å². The molecule has 1 rings (SSSR count). The molecule has 15 heavy (non-hydrogen) atoms. The Balaban J connectivity index is 2.37. The Bertz CT molecular complexity index is 302. The Morgan fingerprint density at radius 2 is 2.20 bits per heavy atom. The minimum absolute atomic E-state index is 0.0434. The normalized spacial score (nSPS) is 32.1. The summed E-state index contributed by atoms with van der Waals surface area (Å²) in [5.74, 6) is 0.464. The predicted molar refractivity (Wildman–Crippen MR) is 60.5 cm³/mol. The third-order valence-electron chi connectivity index (χ3n) is 3.28. The summed E-state index contributed by atoms with van der Waals surface area (Å²) in [7, 11) is -2.85. The quantitative estimate of drug-likeness (QED) is 0.762. The van der Waals surface area contributed by atoms with Gasteiger partial charge in [0.05, 0.1) is 11.9 Å². The van der Waals surface area contributed by atoms with Crippen LogP contribution in [0.3, 0.4) is 0 Å².